The average molecular weight is 548 g/mol. The molecule has 208 valence electrons. The van der Waals surface area contributed by atoms with Crippen LogP contribution in [0.25, 0.3) is 16.9 Å². The second kappa shape index (κ2) is 11.2. The minimum Gasteiger partial charge on any atom is -0.387 e. The van der Waals surface area contributed by atoms with Gasteiger partial charge in [0.15, 0.2) is 0 Å². The first-order chi connectivity index (χ1) is 18.3. The Labute approximate surface area is 222 Å². The van der Waals surface area contributed by atoms with Crippen LogP contribution in [0.2, 0.25) is 0 Å². The molecule has 3 heterocycles. The number of alkyl halides is 4. The van der Waals surface area contributed by atoms with Gasteiger partial charge in [-0.3, -0.25) is 9.78 Å². The predicted molar refractivity (Wildman–Crippen MR) is 136 cm³/mol. The molecule has 1 amide bonds. The van der Waals surface area contributed by atoms with Crippen LogP contribution in [0.5, 0.6) is 0 Å². The van der Waals surface area contributed by atoms with E-state index in [1.165, 1.54) is 26.2 Å². The zero-order valence-electron chi connectivity index (χ0n) is 21.4. The van der Waals surface area contributed by atoms with Gasteiger partial charge in [-0.1, -0.05) is 0 Å². The molecule has 0 aromatic carbocycles. The van der Waals surface area contributed by atoms with E-state index in [9.17, 15) is 27.5 Å². The van der Waals surface area contributed by atoms with E-state index in [2.05, 4.69) is 26.0 Å². The van der Waals surface area contributed by atoms with Crippen molar-refractivity contribution in [2.24, 2.45) is 5.92 Å². The average Bonchev–Trinajstić information content (AvgIpc) is 3.27. The highest BCUT2D eigenvalue weighted by atomic mass is 19.4. The van der Waals surface area contributed by atoms with Crippen molar-refractivity contribution in [1.82, 2.24) is 25.2 Å². The molecule has 3 aromatic rings. The summed E-state index contributed by atoms with van der Waals surface area (Å²) in [5, 5.41) is 31.4. The van der Waals surface area contributed by atoms with E-state index < -0.39 is 36.9 Å². The Kier molecular flexibility index (Phi) is 8.08. The fourth-order valence-corrected chi connectivity index (χ4v) is 4.34. The third-order valence-electron chi connectivity index (χ3n) is 6.60. The van der Waals surface area contributed by atoms with E-state index in [0.29, 0.717) is 41.0 Å². The van der Waals surface area contributed by atoms with Gasteiger partial charge in [-0.15, -0.1) is 0 Å². The third kappa shape index (κ3) is 7.01. The van der Waals surface area contributed by atoms with Gasteiger partial charge in [-0.2, -0.15) is 23.5 Å². The molecule has 1 unspecified atom stereocenters. The van der Waals surface area contributed by atoms with Crippen LogP contribution in [-0.2, 0) is 0 Å². The molecule has 4 rings (SSSR count). The lowest BCUT2D eigenvalue weighted by Crippen LogP contribution is -2.43. The minimum absolute atomic E-state index is 0.0515. The molecule has 13 heteroatoms. The highest BCUT2D eigenvalue weighted by Gasteiger charge is 2.32. The molecule has 0 saturated heterocycles. The number of pyridine rings is 1. The summed E-state index contributed by atoms with van der Waals surface area (Å²) in [6.07, 6.45) is -1.99. The predicted octanol–water partition coefficient (Wildman–Crippen LogP) is 3.45. The largest absolute Gasteiger partial charge is 0.401 e. The van der Waals surface area contributed by atoms with Crippen molar-refractivity contribution in [1.29, 1.82) is 5.26 Å². The summed E-state index contributed by atoms with van der Waals surface area (Å²) in [4.78, 5) is 17.4. The SMILES string of the molecule is CC(C)(O)C(F)CNC(=O)c1cnc(-c2ccc3cc(C#N)cnn23)cc1NC1CC(CNCC(F)(F)F)C1. The van der Waals surface area contributed by atoms with Crippen LogP contribution in [0, 0.1) is 17.2 Å². The number of nitriles is 1. The van der Waals surface area contributed by atoms with E-state index in [4.69, 9.17) is 5.26 Å². The van der Waals surface area contributed by atoms with Crippen molar-refractivity contribution in [3.05, 3.63) is 47.8 Å². The Bertz CT molecular complexity index is 1370. The number of halogens is 4. The van der Waals surface area contributed by atoms with Gasteiger partial charge in [-0.05, 0) is 63.4 Å². The maximum absolute atomic E-state index is 14.2. The van der Waals surface area contributed by atoms with Crippen LogP contribution < -0.4 is 16.0 Å². The molecular formula is C26H29F4N7O2. The van der Waals surface area contributed by atoms with Gasteiger partial charge < -0.3 is 21.1 Å². The number of carbonyl (C=O) groups excluding carboxylic acids is 1. The number of nitrogens with zero attached hydrogens (tertiary/aromatic N) is 4. The smallest absolute Gasteiger partial charge is 0.387 e. The Morgan fingerprint density at radius 2 is 2.00 bits per heavy atom. The number of anilines is 1. The second-order valence-corrected chi connectivity index (χ2v) is 10.3. The number of nitrogens with one attached hydrogen (secondary N) is 3. The topological polar surface area (TPSA) is 127 Å². The number of fused-ring (bicyclic) bond motifs is 1. The third-order valence-corrected chi connectivity index (χ3v) is 6.60. The molecule has 1 aliphatic rings. The standard InChI is InChI=1S/C26H29F4N7O2/c1-25(2,39)23(27)13-34-24(38)19-12-33-21(22-4-3-18-7-16(9-31)11-35-37(18)22)8-20(19)36-17-5-15(6-17)10-32-14-26(28,29)30/h3-4,7-8,11-12,15,17,23,32,39H,5-6,10,13-14H2,1-2H3,(H,33,36)(H,34,38). The molecule has 39 heavy (non-hydrogen) atoms. The molecule has 4 N–H and O–H groups in total. The van der Waals surface area contributed by atoms with E-state index >= 15 is 0 Å². The summed E-state index contributed by atoms with van der Waals surface area (Å²) < 4.78 is 53.0. The zero-order chi connectivity index (χ0) is 28.4. The van der Waals surface area contributed by atoms with Gasteiger partial charge in [0.1, 0.15) is 12.2 Å². The van der Waals surface area contributed by atoms with Crippen LogP contribution in [0.4, 0.5) is 23.2 Å². The number of aliphatic hydroxyl groups is 1. The fourth-order valence-electron chi connectivity index (χ4n) is 4.34. The summed E-state index contributed by atoms with van der Waals surface area (Å²) in [6.45, 7) is 1.38. The van der Waals surface area contributed by atoms with Crippen molar-refractivity contribution in [3.8, 4) is 17.5 Å². The van der Waals surface area contributed by atoms with E-state index in [1.54, 1.807) is 28.8 Å². The lowest BCUT2D eigenvalue weighted by Gasteiger charge is -2.37. The summed E-state index contributed by atoms with van der Waals surface area (Å²) in [6, 6.07) is 8.84. The molecular weight excluding hydrogens is 518 g/mol. The van der Waals surface area contributed by atoms with Gasteiger partial charge >= 0.3 is 6.18 Å². The highest BCUT2D eigenvalue weighted by Crippen LogP contribution is 2.33. The van der Waals surface area contributed by atoms with Crippen molar-refractivity contribution < 1.29 is 27.5 Å². The summed E-state index contributed by atoms with van der Waals surface area (Å²) >= 11 is 0. The minimum atomic E-state index is -4.27. The molecule has 1 fully saturated rings. The van der Waals surface area contributed by atoms with Crippen molar-refractivity contribution in [2.75, 3.05) is 25.0 Å². The van der Waals surface area contributed by atoms with Gasteiger partial charge in [-0.25, -0.2) is 8.91 Å². The number of hydrogen-bond donors (Lipinski definition) is 4. The number of amides is 1. The Hall–Kier alpha value is -3.76. The number of hydrogen-bond acceptors (Lipinski definition) is 7. The first-order valence-corrected chi connectivity index (χ1v) is 12.4. The number of rotatable bonds is 10. The van der Waals surface area contributed by atoms with E-state index in [-0.39, 0.29) is 24.1 Å². The van der Waals surface area contributed by atoms with Crippen LogP contribution in [0.3, 0.4) is 0 Å². The first-order valence-electron chi connectivity index (χ1n) is 12.4. The Morgan fingerprint density at radius 3 is 2.67 bits per heavy atom. The van der Waals surface area contributed by atoms with Crippen molar-refractivity contribution in [3.63, 3.8) is 0 Å². The highest BCUT2D eigenvalue weighted by molar-refractivity contribution is 6.00. The molecule has 0 aliphatic heterocycles. The summed E-state index contributed by atoms with van der Waals surface area (Å²) in [5.41, 5.74) is 1.11. The molecule has 1 saturated carbocycles. The lowest BCUT2D eigenvalue weighted by molar-refractivity contribution is -0.125. The Balaban J connectivity index is 1.54. The lowest BCUT2D eigenvalue weighted by atomic mass is 9.80. The summed E-state index contributed by atoms with van der Waals surface area (Å²) in [5.74, 6) is -0.543. The van der Waals surface area contributed by atoms with Crippen molar-refractivity contribution >= 4 is 17.1 Å². The maximum Gasteiger partial charge on any atom is 0.401 e. The quantitative estimate of drug-likeness (QED) is 0.286. The first kappa shape index (κ1) is 28.3. The zero-order valence-corrected chi connectivity index (χ0v) is 21.4. The van der Waals surface area contributed by atoms with Gasteiger partial charge in [0.25, 0.3) is 5.91 Å². The van der Waals surface area contributed by atoms with Crippen LogP contribution >= 0.6 is 0 Å². The van der Waals surface area contributed by atoms with Gasteiger partial charge in [0, 0.05) is 12.2 Å². The molecule has 0 bridgehead atoms. The number of carbonyl (C=O) groups is 1. The molecule has 1 atom stereocenters. The molecule has 3 aromatic heterocycles. The van der Waals surface area contributed by atoms with Crippen molar-refractivity contribution in [2.45, 2.75) is 50.7 Å². The molecule has 0 spiro atoms. The monoisotopic (exact) mass is 547 g/mol. The van der Waals surface area contributed by atoms with Crippen LogP contribution in [-0.4, -0.2) is 69.2 Å². The summed E-state index contributed by atoms with van der Waals surface area (Å²) in [7, 11) is 0. The normalized spacial score (nSPS) is 18.3. The fraction of sp³-hybridized carbons (Fsp3) is 0.462. The van der Waals surface area contributed by atoms with Gasteiger partial charge in [0.2, 0.25) is 0 Å². The van der Waals surface area contributed by atoms with E-state index in [0.717, 1.165) is 0 Å². The second-order valence-electron chi connectivity index (χ2n) is 10.3. The molecule has 0 radical (unpaired) electrons. The van der Waals surface area contributed by atoms with Crippen LogP contribution in [0.1, 0.15) is 42.6 Å². The Morgan fingerprint density at radius 1 is 1.26 bits per heavy atom. The van der Waals surface area contributed by atoms with Crippen LogP contribution in [0.15, 0.2) is 36.7 Å². The molecule has 1 aliphatic carbocycles. The number of aromatic nitrogens is 3. The van der Waals surface area contributed by atoms with E-state index in [1.807, 2.05) is 6.07 Å². The molecule has 9 nitrogen and oxygen atoms in total. The van der Waals surface area contributed by atoms with Gasteiger partial charge in [0.05, 0.1) is 58.6 Å². The maximum atomic E-state index is 14.2.